The minimum atomic E-state index is -0.794. The summed E-state index contributed by atoms with van der Waals surface area (Å²) in [5, 5.41) is 12.0. The molecule has 2 rings (SSSR count). The van der Waals surface area contributed by atoms with Gasteiger partial charge in [-0.25, -0.2) is 0 Å². The minimum Gasteiger partial charge on any atom is -0.480 e. The van der Waals surface area contributed by atoms with Gasteiger partial charge in [0.1, 0.15) is 0 Å². The van der Waals surface area contributed by atoms with Crippen LogP contribution in [0.15, 0.2) is 0 Å². The van der Waals surface area contributed by atoms with Gasteiger partial charge in [0.05, 0.1) is 18.6 Å². The Kier molecular flexibility index (Phi) is 5.22. The van der Waals surface area contributed by atoms with E-state index < -0.39 is 5.97 Å². The molecule has 2 saturated carbocycles. The van der Waals surface area contributed by atoms with E-state index in [-0.39, 0.29) is 30.0 Å². The molecule has 0 saturated heterocycles. The van der Waals surface area contributed by atoms with E-state index in [0.717, 1.165) is 38.6 Å². The molecule has 0 aromatic heterocycles. The lowest BCUT2D eigenvalue weighted by atomic mass is 9.68. The Morgan fingerprint density at radius 3 is 2.48 bits per heavy atom. The number of carboxylic acid groups (broad SMARTS) is 1. The SMILES string of the molecule is CCN(CC(=O)O)C1CC(NC(=O)C2(COC)CCC2)C1. The maximum atomic E-state index is 12.4. The molecular weight excluding hydrogens is 272 g/mol. The molecule has 6 nitrogen and oxygen atoms in total. The van der Waals surface area contributed by atoms with E-state index in [2.05, 4.69) is 5.32 Å². The van der Waals surface area contributed by atoms with Gasteiger partial charge >= 0.3 is 5.97 Å². The first kappa shape index (κ1) is 16.2. The molecule has 0 radical (unpaired) electrons. The number of carbonyl (C=O) groups excluding carboxylic acids is 1. The number of likely N-dealkylation sites (N-methyl/N-ethyl adjacent to an activating group) is 1. The Balaban J connectivity index is 1.77. The highest BCUT2D eigenvalue weighted by Gasteiger charge is 2.46. The fraction of sp³-hybridized carbons (Fsp3) is 0.867. The maximum Gasteiger partial charge on any atom is 0.317 e. The fourth-order valence-electron chi connectivity index (χ4n) is 3.33. The van der Waals surface area contributed by atoms with Crippen LogP contribution >= 0.6 is 0 Å². The van der Waals surface area contributed by atoms with Crippen LogP contribution in [0.1, 0.15) is 39.0 Å². The number of nitrogens with one attached hydrogen (secondary N) is 1. The predicted molar refractivity (Wildman–Crippen MR) is 78.0 cm³/mol. The molecule has 21 heavy (non-hydrogen) atoms. The molecule has 0 bridgehead atoms. The van der Waals surface area contributed by atoms with Crippen LogP contribution in [0, 0.1) is 5.41 Å². The topological polar surface area (TPSA) is 78.9 Å². The Morgan fingerprint density at radius 2 is 2.05 bits per heavy atom. The molecule has 2 fully saturated rings. The largest absolute Gasteiger partial charge is 0.480 e. The molecule has 2 aliphatic carbocycles. The summed E-state index contributed by atoms with van der Waals surface area (Å²) in [6.45, 7) is 3.27. The van der Waals surface area contributed by atoms with E-state index in [0.29, 0.717) is 6.61 Å². The van der Waals surface area contributed by atoms with Gasteiger partial charge in [0.15, 0.2) is 0 Å². The van der Waals surface area contributed by atoms with E-state index in [9.17, 15) is 9.59 Å². The number of rotatable bonds is 8. The molecular formula is C15H26N2O4. The molecule has 1 amide bonds. The van der Waals surface area contributed by atoms with E-state index in [1.165, 1.54) is 0 Å². The van der Waals surface area contributed by atoms with Crippen molar-refractivity contribution < 1.29 is 19.4 Å². The lowest BCUT2D eigenvalue weighted by Gasteiger charge is -2.45. The van der Waals surface area contributed by atoms with Crippen molar-refractivity contribution in [1.29, 1.82) is 0 Å². The lowest BCUT2D eigenvalue weighted by Crippen LogP contribution is -2.58. The zero-order valence-corrected chi connectivity index (χ0v) is 12.9. The van der Waals surface area contributed by atoms with Crippen molar-refractivity contribution in [1.82, 2.24) is 10.2 Å². The highest BCUT2D eigenvalue weighted by atomic mass is 16.5. The standard InChI is InChI=1S/C15H26N2O4/c1-3-17(9-13(18)19)12-7-11(8-12)16-14(20)15(10-21-2)5-4-6-15/h11-12H,3-10H2,1-2H3,(H,16,20)(H,18,19). The molecule has 0 aromatic rings. The van der Waals surface area contributed by atoms with Gasteiger partial charge in [0.2, 0.25) is 5.91 Å². The summed E-state index contributed by atoms with van der Waals surface area (Å²) in [7, 11) is 1.64. The van der Waals surface area contributed by atoms with Crippen LogP contribution in [-0.4, -0.2) is 60.8 Å². The molecule has 2 N–H and O–H groups in total. The number of hydrogen-bond donors (Lipinski definition) is 2. The molecule has 0 aromatic carbocycles. The molecule has 120 valence electrons. The van der Waals surface area contributed by atoms with Crippen molar-refractivity contribution >= 4 is 11.9 Å². The van der Waals surface area contributed by atoms with Gasteiger partial charge in [0.25, 0.3) is 0 Å². The molecule has 6 heteroatoms. The van der Waals surface area contributed by atoms with Crippen molar-refractivity contribution in [3.63, 3.8) is 0 Å². The zero-order chi connectivity index (χ0) is 15.5. The second-order valence-corrected chi connectivity index (χ2v) is 6.32. The first-order valence-corrected chi connectivity index (χ1v) is 7.76. The summed E-state index contributed by atoms with van der Waals surface area (Å²) in [6, 6.07) is 0.454. The quantitative estimate of drug-likeness (QED) is 0.695. The molecule has 0 unspecified atom stereocenters. The average Bonchev–Trinajstić information content (AvgIpc) is 2.34. The van der Waals surface area contributed by atoms with Gasteiger partial charge in [0, 0.05) is 19.2 Å². The number of methoxy groups -OCH3 is 1. The molecule has 0 atom stereocenters. The number of ether oxygens (including phenoxy) is 1. The molecule has 0 heterocycles. The summed E-state index contributed by atoms with van der Waals surface area (Å²) >= 11 is 0. The van der Waals surface area contributed by atoms with Crippen LogP contribution in [0.3, 0.4) is 0 Å². The van der Waals surface area contributed by atoms with E-state index in [4.69, 9.17) is 9.84 Å². The van der Waals surface area contributed by atoms with Gasteiger partial charge in [-0.05, 0) is 32.2 Å². The fourth-order valence-corrected chi connectivity index (χ4v) is 3.33. The zero-order valence-electron chi connectivity index (χ0n) is 12.9. The summed E-state index contributed by atoms with van der Waals surface area (Å²) < 4.78 is 5.19. The second-order valence-electron chi connectivity index (χ2n) is 6.32. The number of hydrogen-bond acceptors (Lipinski definition) is 4. The van der Waals surface area contributed by atoms with Gasteiger partial charge < -0.3 is 15.2 Å². The van der Waals surface area contributed by atoms with Crippen LogP contribution < -0.4 is 5.32 Å². The second kappa shape index (κ2) is 6.75. The number of carbonyl (C=O) groups is 2. The lowest BCUT2D eigenvalue weighted by molar-refractivity contribution is -0.144. The monoisotopic (exact) mass is 298 g/mol. The maximum absolute atomic E-state index is 12.4. The normalized spacial score (nSPS) is 26.8. The predicted octanol–water partition coefficient (Wildman–Crippen LogP) is 0.857. The molecule has 2 aliphatic rings. The van der Waals surface area contributed by atoms with Crippen molar-refractivity contribution in [2.24, 2.45) is 5.41 Å². The van der Waals surface area contributed by atoms with Crippen LogP contribution in [-0.2, 0) is 14.3 Å². The van der Waals surface area contributed by atoms with Crippen molar-refractivity contribution in [2.45, 2.75) is 51.1 Å². The summed E-state index contributed by atoms with van der Waals surface area (Å²) in [5.41, 5.74) is -0.314. The summed E-state index contributed by atoms with van der Waals surface area (Å²) in [6.07, 6.45) is 4.59. The third-order valence-corrected chi connectivity index (χ3v) is 4.92. The average molecular weight is 298 g/mol. The van der Waals surface area contributed by atoms with Crippen LogP contribution in [0.4, 0.5) is 0 Å². The van der Waals surface area contributed by atoms with Crippen LogP contribution in [0.25, 0.3) is 0 Å². The Morgan fingerprint density at radius 1 is 1.38 bits per heavy atom. The first-order chi connectivity index (χ1) is 10.0. The Bertz CT molecular complexity index is 389. The van der Waals surface area contributed by atoms with Crippen molar-refractivity contribution in [3.8, 4) is 0 Å². The minimum absolute atomic E-state index is 0.0788. The third kappa shape index (κ3) is 3.55. The van der Waals surface area contributed by atoms with Gasteiger partial charge in [-0.1, -0.05) is 13.3 Å². The van der Waals surface area contributed by atoms with Gasteiger partial charge in [-0.2, -0.15) is 0 Å². The first-order valence-electron chi connectivity index (χ1n) is 7.76. The van der Waals surface area contributed by atoms with Gasteiger partial charge in [-0.15, -0.1) is 0 Å². The van der Waals surface area contributed by atoms with Crippen LogP contribution in [0.2, 0.25) is 0 Å². The highest BCUT2D eigenvalue weighted by molar-refractivity contribution is 5.84. The number of nitrogens with zero attached hydrogens (tertiary/aromatic N) is 1. The van der Waals surface area contributed by atoms with Crippen molar-refractivity contribution in [2.75, 3.05) is 26.8 Å². The van der Waals surface area contributed by atoms with Crippen molar-refractivity contribution in [3.05, 3.63) is 0 Å². The number of aliphatic carboxylic acids is 1. The number of amides is 1. The molecule has 0 aliphatic heterocycles. The van der Waals surface area contributed by atoms with Crippen LogP contribution in [0.5, 0.6) is 0 Å². The van der Waals surface area contributed by atoms with E-state index in [1.54, 1.807) is 7.11 Å². The Labute approximate surface area is 125 Å². The van der Waals surface area contributed by atoms with Gasteiger partial charge in [-0.3, -0.25) is 14.5 Å². The molecule has 0 spiro atoms. The Hall–Kier alpha value is -1.14. The number of carboxylic acids is 1. The highest BCUT2D eigenvalue weighted by Crippen LogP contribution is 2.42. The van der Waals surface area contributed by atoms with E-state index >= 15 is 0 Å². The smallest absolute Gasteiger partial charge is 0.317 e. The summed E-state index contributed by atoms with van der Waals surface area (Å²) in [5.74, 6) is -0.682. The van der Waals surface area contributed by atoms with E-state index in [1.807, 2.05) is 11.8 Å². The summed E-state index contributed by atoms with van der Waals surface area (Å²) in [4.78, 5) is 25.1. The third-order valence-electron chi connectivity index (χ3n) is 4.92.